The van der Waals surface area contributed by atoms with Crippen molar-refractivity contribution in [1.82, 2.24) is 9.55 Å². The number of benzene rings is 2. The molecule has 1 aliphatic heterocycles. The number of imidazole rings is 1. The van der Waals surface area contributed by atoms with E-state index in [1.54, 1.807) is 0 Å². The van der Waals surface area contributed by atoms with Gasteiger partial charge in [-0.2, -0.15) is 0 Å². The highest BCUT2D eigenvalue weighted by molar-refractivity contribution is 5.90. The summed E-state index contributed by atoms with van der Waals surface area (Å²) in [5.74, 6) is 1.04. The van der Waals surface area contributed by atoms with E-state index in [-0.39, 0.29) is 5.91 Å². The van der Waals surface area contributed by atoms with Crippen LogP contribution >= 0.6 is 0 Å². The molecule has 3 aromatic rings. The lowest BCUT2D eigenvalue weighted by Gasteiger charge is -2.30. The molecule has 1 amide bonds. The lowest BCUT2D eigenvalue weighted by atomic mass is 10.1. The van der Waals surface area contributed by atoms with Gasteiger partial charge in [-0.25, -0.2) is 4.98 Å². The molecule has 0 fully saturated rings. The van der Waals surface area contributed by atoms with Gasteiger partial charge in [-0.05, 0) is 36.8 Å². The van der Waals surface area contributed by atoms with Crippen molar-refractivity contribution >= 4 is 28.3 Å². The van der Waals surface area contributed by atoms with Gasteiger partial charge in [-0.3, -0.25) is 4.79 Å². The van der Waals surface area contributed by atoms with Gasteiger partial charge in [-0.15, -0.1) is 0 Å². The molecular weight excluding hydrogens is 300 g/mol. The van der Waals surface area contributed by atoms with Gasteiger partial charge in [0, 0.05) is 31.4 Å². The number of nitrogens with zero attached hydrogens (tertiary/aromatic N) is 3. The third-order valence-corrected chi connectivity index (χ3v) is 4.56. The molecule has 2 aromatic carbocycles. The van der Waals surface area contributed by atoms with Crippen LogP contribution < -0.4 is 10.2 Å². The summed E-state index contributed by atoms with van der Waals surface area (Å²) >= 11 is 0. The third-order valence-electron chi connectivity index (χ3n) is 4.56. The Hall–Kier alpha value is -2.82. The first-order chi connectivity index (χ1) is 11.6. The Morgan fingerprint density at radius 3 is 2.83 bits per heavy atom. The van der Waals surface area contributed by atoms with E-state index in [0.717, 1.165) is 47.9 Å². The van der Waals surface area contributed by atoms with Crippen molar-refractivity contribution in [3.8, 4) is 0 Å². The Bertz CT molecular complexity index is 928. The van der Waals surface area contributed by atoms with Crippen molar-refractivity contribution in [1.29, 1.82) is 0 Å². The van der Waals surface area contributed by atoms with Crippen molar-refractivity contribution in [3.05, 3.63) is 53.9 Å². The fourth-order valence-electron chi connectivity index (χ4n) is 3.32. The molecule has 5 nitrogen and oxygen atoms in total. The van der Waals surface area contributed by atoms with Crippen LogP contribution in [0.4, 0.5) is 11.4 Å². The molecule has 0 radical (unpaired) electrons. The van der Waals surface area contributed by atoms with Gasteiger partial charge in [0.25, 0.3) is 0 Å². The number of hydrogen-bond acceptors (Lipinski definition) is 3. The predicted molar refractivity (Wildman–Crippen MR) is 96.3 cm³/mol. The summed E-state index contributed by atoms with van der Waals surface area (Å²) in [5, 5.41) is 2.91. The Morgan fingerprint density at radius 1 is 1.17 bits per heavy atom. The van der Waals surface area contributed by atoms with E-state index in [9.17, 15) is 4.79 Å². The van der Waals surface area contributed by atoms with Crippen molar-refractivity contribution < 1.29 is 4.79 Å². The fourth-order valence-corrected chi connectivity index (χ4v) is 3.32. The number of nitrogens with one attached hydrogen (secondary N) is 1. The molecule has 0 atom stereocenters. The second kappa shape index (κ2) is 5.67. The Balaban J connectivity index is 1.66. The Morgan fingerprint density at radius 2 is 2.00 bits per heavy atom. The molecule has 122 valence electrons. The molecule has 24 heavy (non-hydrogen) atoms. The molecule has 0 saturated heterocycles. The van der Waals surface area contributed by atoms with Crippen LogP contribution in [0.3, 0.4) is 0 Å². The smallest absolute Gasteiger partial charge is 0.221 e. The van der Waals surface area contributed by atoms with E-state index in [1.807, 2.05) is 13.0 Å². The molecule has 1 aromatic heterocycles. The van der Waals surface area contributed by atoms with Gasteiger partial charge >= 0.3 is 0 Å². The van der Waals surface area contributed by atoms with Crippen LogP contribution in [-0.4, -0.2) is 22.0 Å². The van der Waals surface area contributed by atoms with Gasteiger partial charge in [0.15, 0.2) is 0 Å². The van der Waals surface area contributed by atoms with Crippen LogP contribution in [0.25, 0.3) is 11.0 Å². The van der Waals surface area contributed by atoms with E-state index in [0.29, 0.717) is 0 Å². The monoisotopic (exact) mass is 320 g/mol. The molecule has 1 N–H and O–H groups in total. The van der Waals surface area contributed by atoms with Crippen LogP contribution in [0.5, 0.6) is 0 Å². The van der Waals surface area contributed by atoms with E-state index >= 15 is 0 Å². The Labute approximate surface area is 140 Å². The van der Waals surface area contributed by atoms with E-state index < -0.39 is 0 Å². The quantitative estimate of drug-likeness (QED) is 0.788. The first-order valence-corrected chi connectivity index (χ1v) is 8.19. The van der Waals surface area contributed by atoms with Crippen LogP contribution in [0, 0.1) is 6.92 Å². The van der Waals surface area contributed by atoms with Gasteiger partial charge in [-0.1, -0.05) is 18.2 Å². The number of amides is 1. The largest absolute Gasteiger partial charge is 0.362 e. The standard InChI is InChI=1S/C19H20N4O/c1-13-7-8-15(11-17(13)20-14(2)24)22-9-10-23-18-6-4-3-5-16(18)21-19(23)12-22/h3-8,11H,9-10,12H2,1-2H3,(H,20,24). The van der Waals surface area contributed by atoms with Crippen molar-refractivity contribution in [2.24, 2.45) is 0 Å². The van der Waals surface area contributed by atoms with E-state index in [1.165, 1.54) is 12.4 Å². The average molecular weight is 320 g/mol. The summed E-state index contributed by atoms with van der Waals surface area (Å²) in [5.41, 5.74) is 5.31. The Kier molecular flexibility index (Phi) is 3.49. The lowest BCUT2D eigenvalue weighted by molar-refractivity contribution is -0.114. The normalized spacial score (nSPS) is 13.8. The minimum absolute atomic E-state index is 0.0457. The first kappa shape index (κ1) is 14.8. The maximum atomic E-state index is 11.4. The predicted octanol–water partition coefficient (Wildman–Crippen LogP) is 3.32. The summed E-state index contributed by atoms with van der Waals surface area (Å²) in [6.07, 6.45) is 0. The van der Waals surface area contributed by atoms with Crippen LogP contribution in [-0.2, 0) is 17.9 Å². The van der Waals surface area contributed by atoms with Gasteiger partial charge in [0.2, 0.25) is 5.91 Å². The average Bonchev–Trinajstić information content (AvgIpc) is 2.94. The summed E-state index contributed by atoms with van der Waals surface area (Å²) in [6, 6.07) is 14.5. The van der Waals surface area contributed by atoms with Crippen molar-refractivity contribution in [2.45, 2.75) is 26.9 Å². The van der Waals surface area contributed by atoms with Crippen molar-refractivity contribution in [2.75, 3.05) is 16.8 Å². The number of carbonyl (C=O) groups excluding carboxylic acids is 1. The van der Waals surface area contributed by atoms with Crippen LogP contribution in [0.15, 0.2) is 42.5 Å². The second-order valence-corrected chi connectivity index (χ2v) is 6.27. The van der Waals surface area contributed by atoms with E-state index in [4.69, 9.17) is 4.98 Å². The minimum atomic E-state index is -0.0457. The molecule has 0 aliphatic carbocycles. The molecule has 0 unspecified atom stereocenters. The maximum absolute atomic E-state index is 11.4. The number of anilines is 2. The second-order valence-electron chi connectivity index (χ2n) is 6.27. The highest BCUT2D eigenvalue weighted by atomic mass is 16.1. The number of para-hydroxylation sites is 2. The SMILES string of the molecule is CC(=O)Nc1cc(N2CCn3c(nc4ccccc43)C2)ccc1C. The van der Waals surface area contributed by atoms with Gasteiger partial charge < -0.3 is 14.8 Å². The molecule has 0 spiro atoms. The molecule has 5 heteroatoms. The third kappa shape index (κ3) is 2.52. The molecule has 0 saturated carbocycles. The van der Waals surface area contributed by atoms with Crippen LogP contribution in [0.2, 0.25) is 0 Å². The molecule has 0 bridgehead atoms. The minimum Gasteiger partial charge on any atom is -0.362 e. The lowest BCUT2D eigenvalue weighted by Crippen LogP contribution is -2.33. The first-order valence-electron chi connectivity index (χ1n) is 8.19. The zero-order valence-corrected chi connectivity index (χ0v) is 13.9. The zero-order valence-electron chi connectivity index (χ0n) is 13.9. The summed E-state index contributed by atoms with van der Waals surface area (Å²) in [4.78, 5) is 18.5. The highest BCUT2D eigenvalue weighted by Gasteiger charge is 2.20. The summed E-state index contributed by atoms with van der Waals surface area (Å²) < 4.78 is 2.30. The summed E-state index contributed by atoms with van der Waals surface area (Å²) in [7, 11) is 0. The highest BCUT2D eigenvalue weighted by Crippen LogP contribution is 2.28. The topological polar surface area (TPSA) is 50.2 Å². The number of fused-ring (bicyclic) bond motifs is 3. The molecule has 1 aliphatic rings. The molecule has 4 rings (SSSR count). The summed E-state index contributed by atoms with van der Waals surface area (Å²) in [6.45, 7) is 6.16. The maximum Gasteiger partial charge on any atom is 0.221 e. The number of aromatic nitrogens is 2. The van der Waals surface area contributed by atoms with Crippen molar-refractivity contribution in [3.63, 3.8) is 0 Å². The number of rotatable bonds is 2. The number of carbonyl (C=O) groups is 1. The van der Waals surface area contributed by atoms with Gasteiger partial charge in [0.1, 0.15) is 5.82 Å². The zero-order chi connectivity index (χ0) is 16.7. The number of aryl methyl sites for hydroxylation is 1. The molecule has 2 heterocycles. The van der Waals surface area contributed by atoms with Crippen LogP contribution in [0.1, 0.15) is 18.3 Å². The van der Waals surface area contributed by atoms with E-state index in [2.05, 4.69) is 51.2 Å². The molecular formula is C19H20N4O. The number of hydrogen-bond donors (Lipinski definition) is 1. The fraction of sp³-hybridized carbons (Fsp3) is 0.263. The van der Waals surface area contributed by atoms with Gasteiger partial charge in [0.05, 0.1) is 17.6 Å².